The molecule has 22 heavy (non-hydrogen) atoms. The second-order valence-corrected chi connectivity index (χ2v) is 7.77. The standard InChI is InChI=1S/C15H20N2O4S/c1-15(2)11-17(9-13(21-15)10-20-3)22(18,19)14-7-5-4-6-12(14)8-16/h4-7,13H,9-11H2,1-3H3. The molecule has 0 N–H and O–H groups in total. The summed E-state index contributed by atoms with van der Waals surface area (Å²) in [5.41, 5.74) is -0.467. The molecule has 1 aromatic carbocycles. The normalized spacial score (nSPS) is 22.2. The lowest BCUT2D eigenvalue weighted by Gasteiger charge is -2.41. The quantitative estimate of drug-likeness (QED) is 0.836. The second kappa shape index (κ2) is 6.34. The Labute approximate surface area is 131 Å². The number of nitrogens with zero attached hydrogens (tertiary/aromatic N) is 2. The van der Waals surface area contributed by atoms with Crippen molar-refractivity contribution in [1.82, 2.24) is 4.31 Å². The fraction of sp³-hybridized carbons (Fsp3) is 0.533. The summed E-state index contributed by atoms with van der Waals surface area (Å²) in [6.45, 7) is 4.44. The summed E-state index contributed by atoms with van der Waals surface area (Å²) in [6, 6.07) is 8.17. The van der Waals surface area contributed by atoms with Gasteiger partial charge in [-0.25, -0.2) is 8.42 Å². The van der Waals surface area contributed by atoms with E-state index in [-0.39, 0.29) is 29.7 Å². The van der Waals surface area contributed by atoms with E-state index in [0.29, 0.717) is 6.61 Å². The Kier molecular flexibility index (Phi) is 4.87. The molecular weight excluding hydrogens is 304 g/mol. The second-order valence-electron chi connectivity index (χ2n) is 5.86. The van der Waals surface area contributed by atoms with Gasteiger partial charge in [0.05, 0.1) is 28.8 Å². The SMILES string of the molecule is COCC1CN(S(=O)(=O)c2ccccc2C#N)CC(C)(C)O1. The van der Waals surface area contributed by atoms with Crippen LogP contribution in [0.25, 0.3) is 0 Å². The van der Waals surface area contributed by atoms with Gasteiger partial charge in [-0.2, -0.15) is 9.57 Å². The number of hydrogen-bond donors (Lipinski definition) is 0. The number of ether oxygens (including phenoxy) is 2. The zero-order chi connectivity index (χ0) is 16.4. The minimum atomic E-state index is -3.75. The number of sulfonamides is 1. The van der Waals surface area contributed by atoms with Crippen LogP contribution < -0.4 is 0 Å². The van der Waals surface area contributed by atoms with Gasteiger partial charge in [0.15, 0.2) is 0 Å². The van der Waals surface area contributed by atoms with Crippen LogP contribution in [0.2, 0.25) is 0 Å². The van der Waals surface area contributed by atoms with E-state index in [1.54, 1.807) is 19.2 Å². The highest BCUT2D eigenvalue weighted by atomic mass is 32.2. The molecule has 0 bridgehead atoms. The number of morpholine rings is 1. The Morgan fingerprint density at radius 2 is 2.14 bits per heavy atom. The fourth-order valence-corrected chi connectivity index (χ4v) is 4.38. The van der Waals surface area contributed by atoms with E-state index in [9.17, 15) is 8.42 Å². The van der Waals surface area contributed by atoms with Crippen molar-refractivity contribution >= 4 is 10.0 Å². The van der Waals surface area contributed by atoms with Gasteiger partial charge in [-0.15, -0.1) is 0 Å². The average Bonchev–Trinajstić information content (AvgIpc) is 2.46. The third-order valence-corrected chi connectivity index (χ3v) is 5.30. The van der Waals surface area contributed by atoms with Gasteiger partial charge in [0.25, 0.3) is 0 Å². The van der Waals surface area contributed by atoms with Gasteiger partial charge < -0.3 is 9.47 Å². The van der Waals surface area contributed by atoms with Crippen LogP contribution in [0.3, 0.4) is 0 Å². The third kappa shape index (κ3) is 3.47. The van der Waals surface area contributed by atoms with Gasteiger partial charge in [0, 0.05) is 20.2 Å². The van der Waals surface area contributed by atoms with Crippen LogP contribution in [-0.4, -0.2) is 51.2 Å². The summed E-state index contributed by atoms with van der Waals surface area (Å²) in [7, 11) is -2.20. The highest BCUT2D eigenvalue weighted by Gasteiger charge is 2.40. The van der Waals surface area contributed by atoms with Crippen molar-refractivity contribution in [3.63, 3.8) is 0 Å². The molecule has 1 unspecified atom stereocenters. The average molecular weight is 324 g/mol. The summed E-state index contributed by atoms with van der Waals surface area (Å²) < 4.78 is 38.1. The van der Waals surface area contributed by atoms with Crippen molar-refractivity contribution in [3.8, 4) is 6.07 Å². The number of nitriles is 1. The Morgan fingerprint density at radius 1 is 1.45 bits per heavy atom. The maximum absolute atomic E-state index is 12.9. The summed E-state index contributed by atoms with van der Waals surface area (Å²) >= 11 is 0. The molecule has 1 aromatic rings. The summed E-state index contributed by atoms with van der Waals surface area (Å²) in [4.78, 5) is 0.0337. The molecule has 1 aliphatic rings. The molecule has 0 radical (unpaired) electrons. The van der Waals surface area contributed by atoms with Gasteiger partial charge >= 0.3 is 0 Å². The van der Waals surface area contributed by atoms with Crippen LogP contribution in [0, 0.1) is 11.3 Å². The Balaban J connectivity index is 2.38. The molecular formula is C15H20N2O4S. The predicted octanol–water partition coefficient (Wildman–Crippen LogP) is 1.37. The largest absolute Gasteiger partial charge is 0.382 e. The zero-order valence-corrected chi connectivity index (χ0v) is 13.8. The molecule has 0 spiro atoms. The van der Waals surface area contributed by atoms with Crippen LogP contribution >= 0.6 is 0 Å². The van der Waals surface area contributed by atoms with Crippen LogP contribution in [0.1, 0.15) is 19.4 Å². The molecule has 1 aliphatic heterocycles. The lowest BCUT2D eigenvalue weighted by Crippen LogP contribution is -2.55. The first-order valence-corrected chi connectivity index (χ1v) is 8.40. The van der Waals surface area contributed by atoms with E-state index in [1.807, 2.05) is 19.9 Å². The predicted molar refractivity (Wildman–Crippen MR) is 80.7 cm³/mol. The van der Waals surface area contributed by atoms with E-state index in [1.165, 1.54) is 16.4 Å². The molecule has 120 valence electrons. The monoisotopic (exact) mass is 324 g/mol. The Morgan fingerprint density at radius 3 is 2.77 bits per heavy atom. The van der Waals surface area contributed by atoms with Crippen molar-refractivity contribution in [2.75, 3.05) is 26.8 Å². The molecule has 1 saturated heterocycles. The number of rotatable bonds is 4. The summed E-state index contributed by atoms with van der Waals surface area (Å²) in [5, 5.41) is 9.14. The van der Waals surface area contributed by atoms with E-state index < -0.39 is 15.6 Å². The number of benzene rings is 1. The van der Waals surface area contributed by atoms with Crippen molar-refractivity contribution in [1.29, 1.82) is 5.26 Å². The van der Waals surface area contributed by atoms with Crippen molar-refractivity contribution in [3.05, 3.63) is 29.8 Å². The molecule has 0 saturated carbocycles. The Bertz CT molecular complexity index is 679. The topological polar surface area (TPSA) is 79.6 Å². The zero-order valence-electron chi connectivity index (χ0n) is 12.9. The first kappa shape index (κ1) is 16.9. The van der Waals surface area contributed by atoms with Gasteiger partial charge in [0.2, 0.25) is 10.0 Å². The van der Waals surface area contributed by atoms with Crippen LogP contribution in [0.4, 0.5) is 0 Å². The van der Waals surface area contributed by atoms with Gasteiger partial charge in [-0.3, -0.25) is 0 Å². The first-order valence-electron chi connectivity index (χ1n) is 6.96. The third-order valence-electron chi connectivity index (χ3n) is 3.43. The lowest BCUT2D eigenvalue weighted by molar-refractivity contribution is -0.135. The van der Waals surface area contributed by atoms with Gasteiger partial charge in [-0.1, -0.05) is 12.1 Å². The van der Waals surface area contributed by atoms with E-state index >= 15 is 0 Å². The number of hydrogen-bond acceptors (Lipinski definition) is 5. The van der Waals surface area contributed by atoms with Crippen molar-refractivity contribution < 1.29 is 17.9 Å². The minimum absolute atomic E-state index is 0.0337. The molecule has 1 atom stereocenters. The first-order chi connectivity index (χ1) is 10.3. The molecule has 0 aliphatic carbocycles. The fourth-order valence-electron chi connectivity index (χ4n) is 2.62. The van der Waals surface area contributed by atoms with E-state index in [0.717, 1.165) is 0 Å². The molecule has 1 heterocycles. The molecule has 1 fully saturated rings. The Hall–Kier alpha value is -1.46. The highest BCUT2D eigenvalue weighted by molar-refractivity contribution is 7.89. The van der Waals surface area contributed by atoms with Crippen LogP contribution in [-0.2, 0) is 19.5 Å². The molecule has 2 rings (SSSR count). The van der Waals surface area contributed by atoms with E-state index in [4.69, 9.17) is 14.7 Å². The van der Waals surface area contributed by atoms with Gasteiger partial charge in [-0.05, 0) is 26.0 Å². The van der Waals surface area contributed by atoms with Crippen LogP contribution in [0.15, 0.2) is 29.2 Å². The molecule has 6 nitrogen and oxygen atoms in total. The van der Waals surface area contributed by atoms with Gasteiger partial charge in [0.1, 0.15) is 6.07 Å². The molecule has 0 amide bonds. The van der Waals surface area contributed by atoms with Crippen LogP contribution in [0.5, 0.6) is 0 Å². The maximum Gasteiger partial charge on any atom is 0.244 e. The molecule has 0 aromatic heterocycles. The van der Waals surface area contributed by atoms with E-state index in [2.05, 4.69) is 0 Å². The smallest absolute Gasteiger partial charge is 0.244 e. The molecule has 7 heteroatoms. The minimum Gasteiger partial charge on any atom is -0.382 e. The summed E-state index contributed by atoms with van der Waals surface area (Å²) in [6.07, 6.45) is -0.335. The van der Waals surface area contributed by atoms with Crippen molar-refractivity contribution in [2.45, 2.75) is 30.4 Å². The maximum atomic E-state index is 12.9. The highest BCUT2D eigenvalue weighted by Crippen LogP contribution is 2.27. The van der Waals surface area contributed by atoms with Crippen molar-refractivity contribution in [2.24, 2.45) is 0 Å². The summed E-state index contributed by atoms with van der Waals surface area (Å²) in [5.74, 6) is 0. The number of methoxy groups -OCH3 is 1. The lowest BCUT2D eigenvalue weighted by atomic mass is 10.1.